The number of ether oxygens (including phenoxy) is 1. The number of anilines is 1. The van der Waals surface area contributed by atoms with Crippen LogP contribution in [-0.2, 0) is 41.1 Å². The first-order chi connectivity index (χ1) is 36.8. The molecule has 5 aliphatic rings. The van der Waals surface area contributed by atoms with E-state index >= 15 is 0 Å². The average Bonchev–Trinajstić information content (AvgIpc) is 4.08. The maximum Gasteiger partial charge on any atom is 0.481 e. The Morgan fingerprint density at radius 2 is 1.63 bits per heavy atom. The second-order valence-electron chi connectivity index (χ2n) is 23.4. The Morgan fingerprint density at radius 1 is 0.949 bits per heavy atom. The van der Waals surface area contributed by atoms with Gasteiger partial charge < -0.3 is 84.9 Å². The molecular weight excluding hydrogens is 1120 g/mol. The molecule has 7 rings (SSSR count). The second kappa shape index (κ2) is 25.3. The molecule has 4 aliphatic carbocycles. The topological polar surface area (TPSA) is 443 Å². The third-order valence-corrected chi connectivity index (χ3v) is 22.0. The van der Waals surface area contributed by atoms with Gasteiger partial charge in [0, 0.05) is 24.3 Å². The molecule has 0 bridgehead atoms. The fourth-order valence-corrected chi connectivity index (χ4v) is 17.1. The van der Waals surface area contributed by atoms with Gasteiger partial charge in [-0.3, -0.25) is 18.4 Å². The van der Waals surface area contributed by atoms with Gasteiger partial charge in [0.2, 0.25) is 0 Å². The summed E-state index contributed by atoms with van der Waals surface area (Å²) in [5.41, 5.74) is 4.36. The molecule has 3 heterocycles. The summed E-state index contributed by atoms with van der Waals surface area (Å²) in [6.45, 7) is 8.60. The molecule has 1 aliphatic heterocycles. The molecule has 0 radical (unpaired) electrons. The number of fused-ring (bicyclic) bond motifs is 6. The molecule has 2 aromatic rings. The summed E-state index contributed by atoms with van der Waals surface area (Å²) >= 11 is 0.958. The Bertz CT molecular complexity index is 2670. The summed E-state index contributed by atoms with van der Waals surface area (Å²) in [4.78, 5) is 76.1. The zero-order valence-corrected chi connectivity index (χ0v) is 48.6. The highest BCUT2D eigenvalue weighted by Gasteiger charge is 2.63. The van der Waals surface area contributed by atoms with Crippen molar-refractivity contribution in [3.8, 4) is 0 Å². The number of phosphoric ester groups is 3. The monoisotopic (exact) mass is 1200 g/mol. The van der Waals surface area contributed by atoms with Gasteiger partial charge in [-0.25, -0.2) is 24.1 Å². The summed E-state index contributed by atoms with van der Waals surface area (Å²) in [5, 5.41) is 79.8. The highest BCUT2D eigenvalue weighted by molar-refractivity contribution is 8.13. The Kier molecular flexibility index (Phi) is 20.5. The van der Waals surface area contributed by atoms with E-state index in [1.54, 1.807) is 6.92 Å². The van der Waals surface area contributed by atoms with Crippen molar-refractivity contribution in [1.29, 1.82) is 0 Å². The minimum absolute atomic E-state index is 0.0108. The number of aliphatic imine (C=N–C) groups is 2. The molecule has 27 nitrogen and oxygen atoms in total. The molecule has 0 aromatic carbocycles. The van der Waals surface area contributed by atoms with Crippen LogP contribution in [0.4, 0.5) is 5.82 Å². The number of carbonyl (C=O) groups is 1. The van der Waals surface area contributed by atoms with Gasteiger partial charge in [0.25, 0.3) is 0 Å². The number of imidazole rings is 1. The van der Waals surface area contributed by atoms with E-state index in [9.17, 15) is 73.8 Å². The van der Waals surface area contributed by atoms with E-state index in [2.05, 4.69) is 54.5 Å². The number of nitrogens with two attached hydrogens (primary N) is 1. The predicted octanol–water partition coefficient (Wildman–Crippen LogP) is 1.09. The average molecular weight is 1200 g/mol. The normalized spacial score (nSPS) is 34.7. The van der Waals surface area contributed by atoms with E-state index in [1.165, 1.54) is 13.8 Å². The van der Waals surface area contributed by atoms with Crippen molar-refractivity contribution >= 4 is 69.1 Å². The highest BCUT2D eigenvalue weighted by Crippen LogP contribution is 2.68. The van der Waals surface area contributed by atoms with E-state index in [-0.39, 0.29) is 69.8 Å². The van der Waals surface area contributed by atoms with E-state index < -0.39 is 103 Å². The van der Waals surface area contributed by atoms with Gasteiger partial charge in [0.05, 0.1) is 57.7 Å². The molecule has 19 atom stereocenters. The molecule has 9 N–H and O–H groups in total. The zero-order chi connectivity index (χ0) is 58.2. The first-order valence-electron chi connectivity index (χ1n) is 26.7. The molecule has 4 saturated carbocycles. The second-order valence-corrected chi connectivity index (χ2v) is 28.7. The van der Waals surface area contributed by atoms with E-state index in [0.717, 1.165) is 86.8 Å². The van der Waals surface area contributed by atoms with E-state index in [0.29, 0.717) is 36.0 Å². The SMILES string of the molecule is CC(C(=O)SCCN=C([O-])CCN=C([O-])[C@H](O)C(C)(C)COP(=O)(O)OP(=O)(O)OC[C@H]1O[C@@H](n2cnc3c(N)ncnc32)[C@H](O)[C@@H]1OP(=O)([O-])[O-])C(O)CC[C@@H](C)[C@H]1CC[C@H]2[C@@H]3[C@H](O)C[C@@H]4C[C@H](O)CC[C@]4(C)[C@H]3CC[C@]12C. The van der Waals surface area contributed by atoms with E-state index in [1.807, 2.05) is 0 Å². The number of thioether (sulfide) groups is 1. The molecular formula is C48H76N7O20P3S-4. The summed E-state index contributed by atoms with van der Waals surface area (Å²) in [6.07, 6.45) is -0.174. The summed E-state index contributed by atoms with van der Waals surface area (Å²) < 4.78 is 62.0. The predicted molar refractivity (Wildman–Crippen MR) is 277 cm³/mol. The summed E-state index contributed by atoms with van der Waals surface area (Å²) in [5.74, 6) is -0.0584. The number of nitrogen functional groups attached to an aromatic ring is 1. The lowest BCUT2D eigenvalue weighted by Crippen LogP contribution is -2.58. The van der Waals surface area contributed by atoms with Crippen molar-refractivity contribution in [2.45, 2.75) is 161 Å². The molecule has 0 amide bonds. The lowest BCUT2D eigenvalue weighted by Gasteiger charge is -2.62. The largest absolute Gasteiger partial charge is 0.862 e. The first-order valence-corrected chi connectivity index (χ1v) is 32.1. The van der Waals surface area contributed by atoms with Gasteiger partial charge in [-0.2, -0.15) is 4.31 Å². The number of carbonyl (C=O) groups excluding carboxylic acids is 1. The van der Waals surface area contributed by atoms with Gasteiger partial charge in [-0.15, -0.1) is 0 Å². The number of hydrogen-bond donors (Lipinski definition) is 8. The van der Waals surface area contributed by atoms with Crippen LogP contribution in [-0.4, -0.2) is 147 Å². The van der Waals surface area contributed by atoms with Crippen LogP contribution in [0.5, 0.6) is 0 Å². The number of phosphoric acid groups is 3. The van der Waals surface area contributed by atoms with Crippen molar-refractivity contribution in [2.24, 2.45) is 67.7 Å². The Labute approximate surface area is 462 Å². The van der Waals surface area contributed by atoms with Crippen LogP contribution in [0.2, 0.25) is 0 Å². The Balaban J connectivity index is 0.800. The highest BCUT2D eigenvalue weighted by atomic mass is 32.2. The molecule has 2 aromatic heterocycles. The van der Waals surface area contributed by atoms with Crippen molar-refractivity contribution < 1.29 is 96.4 Å². The lowest BCUT2D eigenvalue weighted by molar-refractivity contribution is -0.347. The standard InChI is InChI=1S/C48H80N7O20P3S/c1-25(29-8-9-30-36-31(12-15-48(29,30)6)47(5)14-11-28(56)19-27(47)20-33(36)58)7-10-32(57)26(2)45(63)79-18-17-50-35(59)13-16-51-43(62)40(61)46(3,4)22-72-78(69,70)75-77(67,68)71-21-34-39(74-76(64,65)66)38(60)44(73-34)55-24-54-37-41(49)52-23-53-42(37)55/h23-34,36,38-40,44,56-58,60-61H,7-22H2,1-6H3,(H,50,59)(H,51,62)(H,67,68)(H,69,70)(H2,49,52,53)(H2,64,65,66)/p-4/t25-,26?,27+,28-,29-,30+,31+,32?,33-,34-,36+,38-,39-,40+,44-,47+,48-/m1/s1. The minimum atomic E-state index is -5.85. The van der Waals surface area contributed by atoms with E-state index in [4.69, 9.17) is 19.5 Å². The van der Waals surface area contributed by atoms with Crippen LogP contribution >= 0.6 is 35.2 Å². The molecule has 1 saturated heterocycles. The van der Waals surface area contributed by atoms with Gasteiger partial charge in [-0.05, 0) is 129 Å². The Hall–Kier alpha value is -2.56. The zero-order valence-electron chi connectivity index (χ0n) is 45.1. The molecule has 31 heteroatoms. The van der Waals surface area contributed by atoms with Crippen LogP contribution < -0.4 is 25.7 Å². The number of rotatable bonds is 25. The number of aromatic nitrogens is 4. The fourth-order valence-electron chi connectivity index (χ4n) is 13.5. The number of aliphatic hydroxyl groups excluding tert-OH is 5. The lowest BCUT2D eigenvalue weighted by atomic mass is 9.43. The van der Waals surface area contributed by atoms with Crippen LogP contribution in [0.1, 0.15) is 118 Å². The first kappa shape index (κ1) is 64.0. The molecule has 448 valence electrons. The van der Waals surface area contributed by atoms with Crippen molar-refractivity contribution in [3.63, 3.8) is 0 Å². The van der Waals surface area contributed by atoms with Gasteiger partial charge in [-0.1, -0.05) is 53.3 Å². The number of aliphatic hydroxyl groups is 5. The fraction of sp³-hybridized carbons (Fsp3) is 0.833. The third-order valence-electron chi connectivity index (χ3n) is 17.9. The van der Waals surface area contributed by atoms with Gasteiger partial charge >= 0.3 is 15.6 Å². The van der Waals surface area contributed by atoms with Crippen LogP contribution in [0.15, 0.2) is 22.6 Å². The third kappa shape index (κ3) is 14.9. The maximum absolute atomic E-state index is 13.1. The van der Waals surface area contributed by atoms with Crippen LogP contribution in [0.3, 0.4) is 0 Å². The van der Waals surface area contributed by atoms with Gasteiger partial charge in [0.1, 0.15) is 30.2 Å². The van der Waals surface area contributed by atoms with Crippen LogP contribution in [0.25, 0.3) is 11.2 Å². The summed E-state index contributed by atoms with van der Waals surface area (Å²) in [7, 11) is -17.1. The molecule has 4 unspecified atom stereocenters. The molecule has 79 heavy (non-hydrogen) atoms. The quantitative estimate of drug-likeness (QED) is 0.0298. The number of hydrogen-bond acceptors (Lipinski definition) is 25. The van der Waals surface area contributed by atoms with Crippen molar-refractivity contribution in [3.05, 3.63) is 12.7 Å². The Morgan fingerprint density at radius 3 is 2.34 bits per heavy atom. The minimum Gasteiger partial charge on any atom is -0.862 e. The maximum atomic E-state index is 13.1. The summed E-state index contributed by atoms with van der Waals surface area (Å²) in [6, 6.07) is 0. The van der Waals surface area contributed by atoms with Crippen molar-refractivity contribution in [2.75, 3.05) is 37.8 Å². The van der Waals surface area contributed by atoms with Crippen molar-refractivity contribution in [1.82, 2.24) is 19.5 Å². The van der Waals surface area contributed by atoms with Gasteiger partial charge in [0.15, 0.2) is 22.8 Å². The molecule has 5 fully saturated rings. The molecule has 0 spiro atoms. The van der Waals surface area contributed by atoms with Crippen LogP contribution in [0, 0.1) is 57.7 Å². The number of nitrogens with zero attached hydrogens (tertiary/aromatic N) is 6. The smallest absolute Gasteiger partial charge is 0.481 e.